The molecule has 1 aromatic carbocycles. The van der Waals surface area contributed by atoms with E-state index in [1.54, 1.807) is 4.68 Å². The van der Waals surface area contributed by atoms with Crippen LogP contribution in [0, 0.1) is 0 Å². The second kappa shape index (κ2) is 5.43. The number of H-pyrrole nitrogens is 1. The van der Waals surface area contributed by atoms with Crippen LogP contribution < -0.4 is 5.32 Å². The van der Waals surface area contributed by atoms with Crippen molar-refractivity contribution in [1.82, 2.24) is 30.5 Å². The Kier molecular flexibility index (Phi) is 3.37. The van der Waals surface area contributed by atoms with Gasteiger partial charge in [0.25, 0.3) is 0 Å². The molecular weight excluding hydrogens is 304 g/mol. The van der Waals surface area contributed by atoms with E-state index in [0.29, 0.717) is 6.42 Å². The van der Waals surface area contributed by atoms with Gasteiger partial charge in [-0.25, -0.2) is 4.68 Å². The van der Waals surface area contributed by atoms with Crippen LogP contribution in [-0.2, 0) is 16.8 Å². The van der Waals surface area contributed by atoms with Gasteiger partial charge in [0.2, 0.25) is 5.91 Å². The van der Waals surface area contributed by atoms with E-state index in [4.69, 9.17) is 0 Å². The molecule has 124 valence electrons. The molecule has 2 N–H and O–H groups in total. The van der Waals surface area contributed by atoms with Crippen molar-refractivity contribution in [3.05, 3.63) is 41.9 Å². The summed E-state index contributed by atoms with van der Waals surface area (Å²) in [6.07, 6.45) is 4.03. The highest BCUT2D eigenvalue weighted by Crippen LogP contribution is 2.34. The Morgan fingerprint density at radius 1 is 1.25 bits per heavy atom. The third-order valence-electron chi connectivity index (χ3n) is 5.18. The standard InChI is InChI=1S/C17H20N6O/c1-3-17(4-2)16-20-21-22-23(16)14(15(24)19-17)9-11-10-18-13-8-6-5-7-12(11)13/h5-8,10,14,18H,3-4,9H2,1-2H3,(H,19,24)/t14-/m0/s1. The largest absolute Gasteiger partial charge is 0.361 e. The number of nitrogens with zero attached hydrogens (tertiary/aromatic N) is 4. The van der Waals surface area contributed by atoms with Crippen molar-refractivity contribution in [2.75, 3.05) is 0 Å². The van der Waals surface area contributed by atoms with Gasteiger partial charge in [-0.2, -0.15) is 0 Å². The first kappa shape index (κ1) is 14.9. The molecule has 0 unspecified atom stereocenters. The van der Waals surface area contributed by atoms with E-state index in [9.17, 15) is 4.79 Å². The molecule has 24 heavy (non-hydrogen) atoms. The normalized spacial score (nSPS) is 19.2. The topological polar surface area (TPSA) is 88.5 Å². The third-order valence-corrected chi connectivity index (χ3v) is 5.18. The minimum absolute atomic E-state index is 0.0243. The Bertz CT molecular complexity index is 891. The smallest absolute Gasteiger partial charge is 0.246 e. The van der Waals surface area contributed by atoms with Crippen LogP contribution in [-0.4, -0.2) is 31.1 Å². The van der Waals surface area contributed by atoms with E-state index in [0.717, 1.165) is 35.1 Å². The van der Waals surface area contributed by atoms with Gasteiger partial charge in [-0.3, -0.25) is 4.79 Å². The average molecular weight is 324 g/mol. The number of hydrogen-bond donors (Lipinski definition) is 2. The van der Waals surface area contributed by atoms with Crippen LogP contribution in [0.15, 0.2) is 30.5 Å². The Morgan fingerprint density at radius 2 is 2.04 bits per heavy atom. The number of rotatable bonds is 4. The molecule has 3 aromatic rings. The zero-order valence-corrected chi connectivity index (χ0v) is 13.8. The van der Waals surface area contributed by atoms with Gasteiger partial charge in [-0.05, 0) is 34.9 Å². The third kappa shape index (κ3) is 2.04. The molecule has 0 saturated carbocycles. The molecule has 2 aromatic heterocycles. The average Bonchev–Trinajstić information content (AvgIpc) is 3.25. The molecule has 7 nitrogen and oxygen atoms in total. The van der Waals surface area contributed by atoms with Crippen LogP contribution >= 0.6 is 0 Å². The van der Waals surface area contributed by atoms with Crippen LogP contribution in [0.3, 0.4) is 0 Å². The fourth-order valence-electron chi connectivity index (χ4n) is 3.64. The highest BCUT2D eigenvalue weighted by atomic mass is 16.2. The van der Waals surface area contributed by atoms with Crippen LogP contribution in [0.25, 0.3) is 10.9 Å². The maximum Gasteiger partial charge on any atom is 0.246 e. The van der Waals surface area contributed by atoms with Gasteiger partial charge in [0.15, 0.2) is 5.82 Å². The summed E-state index contributed by atoms with van der Waals surface area (Å²) in [4.78, 5) is 16.1. The maximum atomic E-state index is 12.8. The SMILES string of the molecule is CCC1(CC)NC(=O)[C@H](Cc2c[nH]c3ccccc23)n2nnnc21. The molecule has 0 bridgehead atoms. The number of carbonyl (C=O) groups is 1. The summed E-state index contributed by atoms with van der Waals surface area (Å²) < 4.78 is 1.70. The summed E-state index contributed by atoms with van der Waals surface area (Å²) in [6, 6.07) is 7.65. The van der Waals surface area contributed by atoms with Gasteiger partial charge in [0.1, 0.15) is 11.6 Å². The number of benzene rings is 1. The summed E-state index contributed by atoms with van der Waals surface area (Å²) in [7, 11) is 0. The number of aromatic amines is 1. The molecule has 1 aliphatic heterocycles. The van der Waals surface area contributed by atoms with Crippen molar-refractivity contribution in [3.63, 3.8) is 0 Å². The van der Waals surface area contributed by atoms with Crippen molar-refractivity contribution in [3.8, 4) is 0 Å². The summed E-state index contributed by atoms with van der Waals surface area (Å²) in [6.45, 7) is 4.09. The van der Waals surface area contributed by atoms with Crippen molar-refractivity contribution in [1.29, 1.82) is 0 Å². The molecule has 0 saturated heterocycles. The minimum Gasteiger partial charge on any atom is -0.361 e. The van der Waals surface area contributed by atoms with Gasteiger partial charge in [0.05, 0.1) is 0 Å². The van der Waals surface area contributed by atoms with Crippen LogP contribution in [0.4, 0.5) is 0 Å². The van der Waals surface area contributed by atoms with Crippen molar-refractivity contribution in [2.45, 2.75) is 44.7 Å². The van der Waals surface area contributed by atoms with Gasteiger partial charge in [-0.15, -0.1) is 5.10 Å². The number of aromatic nitrogens is 5. The molecule has 0 aliphatic carbocycles. The number of para-hydroxylation sites is 1. The first-order chi connectivity index (χ1) is 11.7. The van der Waals surface area contributed by atoms with Crippen LogP contribution in [0.2, 0.25) is 0 Å². The summed E-state index contributed by atoms with van der Waals surface area (Å²) in [5, 5.41) is 16.5. The van der Waals surface area contributed by atoms with Gasteiger partial charge in [-0.1, -0.05) is 32.0 Å². The van der Waals surface area contributed by atoms with Crippen molar-refractivity contribution in [2.24, 2.45) is 0 Å². The first-order valence-electron chi connectivity index (χ1n) is 8.34. The van der Waals surface area contributed by atoms with Gasteiger partial charge in [0, 0.05) is 23.5 Å². The van der Waals surface area contributed by atoms with Crippen LogP contribution in [0.1, 0.15) is 44.1 Å². The molecule has 1 atom stereocenters. The van der Waals surface area contributed by atoms with E-state index in [2.05, 4.69) is 31.9 Å². The van der Waals surface area contributed by atoms with E-state index in [1.807, 2.05) is 38.2 Å². The van der Waals surface area contributed by atoms with E-state index in [1.165, 1.54) is 0 Å². The highest BCUT2D eigenvalue weighted by molar-refractivity contribution is 5.86. The summed E-state index contributed by atoms with van der Waals surface area (Å²) >= 11 is 0. The Morgan fingerprint density at radius 3 is 2.83 bits per heavy atom. The molecule has 3 heterocycles. The lowest BCUT2D eigenvalue weighted by atomic mass is 9.88. The predicted molar refractivity (Wildman–Crippen MR) is 89.3 cm³/mol. The maximum absolute atomic E-state index is 12.8. The number of amides is 1. The van der Waals surface area contributed by atoms with E-state index < -0.39 is 11.6 Å². The highest BCUT2D eigenvalue weighted by Gasteiger charge is 2.44. The molecule has 0 spiro atoms. The van der Waals surface area contributed by atoms with Gasteiger partial charge < -0.3 is 10.3 Å². The zero-order chi connectivity index (χ0) is 16.7. The number of hydrogen-bond acceptors (Lipinski definition) is 4. The molecule has 1 amide bonds. The van der Waals surface area contributed by atoms with Crippen LogP contribution in [0.5, 0.6) is 0 Å². The van der Waals surface area contributed by atoms with Gasteiger partial charge >= 0.3 is 0 Å². The molecule has 4 rings (SSSR count). The summed E-state index contributed by atoms with van der Waals surface area (Å²) in [5.41, 5.74) is 1.68. The number of tetrazole rings is 1. The predicted octanol–water partition coefficient (Wildman–Crippen LogP) is 2.08. The number of carbonyl (C=O) groups excluding carboxylic acids is 1. The second-order valence-corrected chi connectivity index (χ2v) is 6.30. The number of fused-ring (bicyclic) bond motifs is 2. The lowest BCUT2D eigenvalue weighted by Gasteiger charge is -2.38. The zero-order valence-electron chi connectivity index (χ0n) is 13.8. The molecule has 0 radical (unpaired) electrons. The molecule has 0 fully saturated rings. The fraction of sp³-hybridized carbons (Fsp3) is 0.412. The Hall–Kier alpha value is -2.70. The Balaban J connectivity index is 1.75. The summed E-state index contributed by atoms with van der Waals surface area (Å²) in [5.74, 6) is 0.723. The number of nitrogens with one attached hydrogen (secondary N) is 2. The lowest BCUT2D eigenvalue weighted by Crippen LogP contribution is -2.55. The quantitative estimate of drug-likeness (QED) is 0.769. The monoisotopic (exact) mass is 324 g/mol. The first-order valence-corrected chi connectivity index (χ1v) is 8.34. The molecule has 1 aliphatic rings. The van der Waals surface area contributed by atoms with Crippen molar-refractivity contribution >= 4 is 16.8 Å². The second-order valence-electron chi connectivity index (χ2n) is 6.30. The molecular formula is C17H20N6O. The minimum atomic E-state index is -0.475. The van der Waals surface area contributed by atoms with Crippen molar-refractivity contribution < 1.29 is 4.79 Å². The Labute approximate surface area is 139 Å². The lowest BCUT2D eigenvalue weighted by molar-refractivity contribution is -0.129. The van der Waals surface area contributed by atoms with E-state index in [-0.39, 0.29) is 5.91 Å². The van der Waals surface area contributed by atoms with E-state index >= 15 is 0 Å². The molecule has 7 heteroatoms. The fourth-order valence-corrected chi connectivity index (χ4v) is 3.64.